The van der Waals surface area contributed by atoms with Gasteiger partial charge in [-0.25, -0.2) is 0 Å². The van der Waals surface area contributed by atoms with Crippen molar-refractivity contribution in [2.24, 2.45) is 0 Å². The maximum Gasteiger partial charge on any atom is 0.102 e. The van der Waals surface area contributed by atoms with Crippen LogP contribution in [0.3, 0.4) is 0 Å². The van der Waals surface area contributed by atoms with Gasteiger partial charge in [-0.1, -0.05) is 4.49 Å². The Bertz CT molecular complexity index is 252. The number of hydrogen-bond donors (Lipinski definition) is 0. The molecule has 2 rings (SSSR count). The molecule has 0 aromatic heterocycles. The first-order valence-electron chi connectivity index (χ1n) is 2.49. The molecule has 0 radical (unpaired) electrons. The van der Waals surface area contributed by atoms with Gasteiger partial charge in [0.25, 0.3) is 0 Å². The minimum Gasteiger partial charge on any atom is -0.254 e. The summed E-state index contributed by atoms with van der Waals surface area (Å²) in [5, 5.41) is 3.69. The second-order valence-corrected chi connectivity index (χ2v) is 2.40. The first-order valence-corrected chi connectivity index (χ1v) is 3.26. The van der Waals surface area contributed by atoms with Crippen LogP contribution in [0.1, 0.15) is 0 Å². The van der Waals surface area contributed by atoms with Gasteiger partial charge < -0.3 is 0 Å². The molecular formula is C5H3N3S. The number of fused-ring (bicyclic) bond motifs is 1. The monoisotopic (exact) mass is 137 g/mol. The highest BCUT2D eigenvalue weighted by Crippen LogP contribution is 2.19. The normalized spacial score (nSPS) is 10.2. The topological polar surface area (TPSA) is 38.7 Å². The summed E-state index contributed by atoms with van der Waals surface area (Å²) >= 11 is 1.36. The van der Waals surface area contributed by atoms with Gasteiger partial charge in [0.2, 0.25) is 0 Å². The smallest absolute Gasteiger partial charge is 0.102 e. The molecule has 0 unspecified atom stereocenters. The molecule has 0 N–H and O–H groups in total. The first-order chi connectivity index (χ1) is 4.47. The Morgan fingerprint density at radius 1 is 1.44 bits per heavy atom. The van der Waals surface area contributed by atoms with Crippen LogP contribution in [0.2, 0.25) is 0 Å². The van der Waals surface area contributed by atoms with Crippen molar-refractivity contribution in [1.29, 1.82) is 0 Å². The molecule has 0 aromatic rings. The summed E-state index contributed by atoms with van der Waals surface area (Å²) < 4.78 is 3.74. The van der Waals surface area contributed by atoms with E-state index in [-0.39, 0.29) is 0 Å². The summed E-state index contributed by atoms with van der Waals surface area (Å²) in [6.07, 6.45) is 3.41. The first kappa shape index (κ1) is 4.81. The van der Waals surface area contributed by atoms with Gasteiger partial charge in [0.05, 0.1) is 11.1 Å². The molecule has 4 heteroatoms. The van der Waals surface area contributed by atoms with Gasteiger partial charge in [-0.05, 0) is 17.6 Å². The van der Waals surface area contributed by atoms with E-state index in [2.05, 4.69) is 14.6 Å². The van der Waals surface area contributed by atoms with Gasteiger partial charge in [-0.2, -0.15) is 0 Å². The van der Waals surface area contributed by atoms with Crippen LogP contribution >= 0.6 is 11.5 Å². The molecule has 3 nitrogen and oxygen atoms in total. The largest absolute Gasteiger partial charge is 0.254 e. The van der Waals surface area contributed by atoms with E-state index in [0.29, 0.717) is 0 Å². The zero-order chi connectivity index (χ0) is 6.10. The highest BCUT2D eigenvalue weighted by Gasteiger charge is 2.01. The molecule has 44 valence electrons. The number of aromatic nitrogens is 3. The lowest BCUT2D eigenvalue weighted by Crippen LogP contribution is -1.77. The fourth-order valence-electron chi connectivity index (χ4n) is 0.654. The molecule has 2 heterocycles. The molecule has 0 saturated heterocycles. The Morgan fingerprint density at radius 2 is 2.44 bits per heavy atom. The van der Waals surface area contributed by atoms with Crippen molar-refractivity contribution in [3.8, 4) is 10.6 Å². The van der Waals surface area contributed by atoms with Crippen molar-refractivity contribution in [2.75, 3.05) is 0 Å². The highest BCUT2D eigenvalue weighted by atomic mass is 32.1. The van der Waals surface area contributed by atoms with Crippen LogP contribution in [-0.4, -0.2) is 14.6 Å². The van der Waals surface area contributed by atoms with Crippen LogP contribution in [0, 0.1) is 0 Å². The van der Waals surface area contributed by atoms with E-state index in [1.807, 2.05) is 6.07 Å². The molecular weight excluding hydrogens is 134 g/mol. The molecule has 0 spiro atoms. The van der Waals surface area contributed by atoms with Gasteiger partial charge in [0, 0.05) is 6.20 Å². The SMILES string of the molecule is c1cc2snncc-2n1. The van der Waals surface area contributed by atoms with E-state index in [9.17, 15) is 0 Å². The fraction of sp³-hybridized carbons (Fsp3) is 0. The number of rotatable bonds is 0. The van der Waals surface area contributed by atoms with E-state index in [1.54, 1.807) is 12.4 Å². The molecule has 9 heavy (non-hydrogen) atoms. The molecule has 0 saturated carbocycles. The quantitative estimate of drug-likeness (QED) is 0.544. The lowest BCUT2D eigenvalue weighted by atomic mass is 10.4. The Kier molecular flexibility index (Phi) is 0.927. The molecule has 0 fully saturated rings. The standard InChI is InChI=1S/C5H3N3S/c1-2-6-4-3-7-8-9-5(1)4/h1-3H. The van der Waals surface area contributed by atoms with E-state index in [4.69, 9.17) is 0 Å². The molecule has 0 bridgehead atoms. The van der Waals surface area contributed by atoms with E-state index in [1.165, 1.54) is 11.5 Å². The van der Waals surface area contributed by atoms with Crippen LogP contribution < -0.4 is 0 Å². The van der Waals surface area contributed by atoms with Crippen molar-refractivity contribution < 1.29 is 0 Å². The van der Waals surface area contributed by atoms with Gasteiger partial charge in [0.15, 0.2) is 0 Å². The summed E-state index contributed by atoms with van der Waals surface area (Å²) in [5.41, 5.74) is 0.926. The average Bonchev–Trinajstić information content (AvgIpc) is 2.33. The Hall–Kier alpha value is -1.03. The van der Waals surface area contributed by atoms with E-state index in [0.717, 1.165) is 10.6 Å². The zero-order valence-corrected chi connectivity index (χ0v) is 5.30. The molecule has 0 atom stereocenters. The predicted molar refractivity (Wildman–Crippen MR) is 34.3 cm³/mol. The molecule has 0 amide bonds. The van der Waals surface area contributed by atoms with Gasteiger partial charge >= 0.3 is 0 Å². The lowest BCUT2D eigenvalue weighted by Gasteiger charge is -1.86. The van der Waals surface area contributed by atoms with Gasteiger partial charge in [-0.15, -0.1) is 5.10 Å². The zero-order valence-electron chi connectivity index (χ0n) is 4.48. The molecule has 0 aromatic carbocycles. The van der Waals surface area contributed by atoms with Gasteiger partial charge in [-0.3, -0.25) is 4.98 Å². The van der Waals surface area contributed by atoms with Crippen LogP contribution in [-0.2, 0) is 0 Å². The maximum atomic E-state index is 4.03. The second kappa shape index (κ2) is 1.73. The van der Waals surface area contributed by atoms with Crippen molar-refractivity contribution in [2.45, 2.75) is 0 Å². The number of nitrogens with zero attached hydrogens (tertiary/aromatic N) is 3. The molecule has 2 aliphatic rings. The molecule has 0 aliphatic carbocycles. The van der Waals surface area contributed by atoms with Gasteiger partial charge in [0.1, 0.15) is 5.69 Å². The predicted octanol–water partition coefficient (Wildman–Crippen LogP) is 1.04. The average molecular weight is 137 g/mol. The summed E-state index contributed by atoms with van der Waals surface area (Å²) in [6.45, 7) is 0. The third-order valence-corrected chi connectivity index (χ3v) is 1.78. The Labute approximate surface area is 55.9 Å². The minimum absolute atomic E-state index is 0.926. The summed E-state index contributed by atoms with van der Waals surface area (Å²) in [4.78, 5) is 5.11. The second-order valence-electron chi connectivity index (χ2n) is 1.61. The highest BCUT2D eigenvalue weighted by molar-refractivity contribution is 7.09. The minimum atomic E-state index is 0.926. The summed E-state index contributed by atoms with van der Waals surface area (Å²) in [6, 6.07) is 1.93. The Balaban J connectivity index is 2.79. The van der Waals surface area contributed by atoms with Crippen LogP contribution in [0.5, 0.6) is 0 Å². The van der Waals surface area contributed by atoms with Crippen LogP contribution in [0.4, 0.5) is 0 Å². The van der Waals surface area contributed by atoms with Crippen molar-refractivity contribution in [3.63, 3.8) is 0 Å². The fourth-order valence-corrected chi connectivity index (χ4v) is 1.16. The lowest BCUT2D eigenvalue weighted by molar-refractivity contribution is 1.12. The summed E-state index contributed by atoms with van der Waals surface area (Å²) in [5.74, 6) is 0. The third kappa shape index (κ3) is 0.675. The Morgan fingerprint density at radius 3 is 3.33 bits per heavy atom. The van der Waals surface area contributed by atoms with Crippen molar-refractivity contribution in [1.82, 2.24) is 14.6 Å². The third-order valence-electron chi connectivity index (χ3n) is 1.06. The number of hydrogen-bond acceptors (Lipinski definition) is 4. The van der Waals surface area contributed by atoms with Crippen LogP contribution in [0.25, 0.3) is 10.6 Å². The van der Waals surface area contributed by atoms with Crippen molar-refractivity contribution >= 4 is 11.5 Å². The van der Waals surface area contributed by atoms with E-state index >= 15 is 0 Å². The van der Waals surface area contributed by atoms with Crippen molar-refractivity contribution in [3.05, 3.63) is 18.5 Å². The maximum absolute atomic E-state index is 4.03. The van der Waals surface area contributed by atoms with Crippen LogP contribution in [0.15, 0.2) is 18.5 Å². The van der Waals surface area contributed by atoms with E-state index < -0.39 is 0 Å². The summed E-state index contributed by atoms with van der Waals surface area (Å²) in [7, 11) is 0. The molecule has 2 aliphatic heterocycles.